The van der Waals surface area contributed by atoms with Gasteiger partial charge in [0.15, 0.2) is 0 Å². The first-order valence-electron chi connectivity index (χ1n) is 4.92. The van der Waals surface area contributed by atoms with E-state index in [1.165, 1.54) is 23.5 Å². The monoisotopic (exact) mass is 313 g/mol. The van der Waals surface area contributed by atoms with Gasteiger partial charge in [-0.05, 0) is 39.7 Å². The van der Waals surface area contributed by atoms with E-state index >= 15 is 0 Å². The van der Waals surface area contributed by atoms with Crippen LogP contribution in [0, 0.1) is 5.82 Å². The maximum absolute atomic E-state index is 12.9. The van der Waals surface area contributed by atoms with Gasteiger partial charge in [-0.25, -0.2) is 4.39 Å². The quantitative estimate of drug-likeness (QED) is 0.922. The van der Waals surface area contributed by atoms with Gasteiger partial charge in [-0.3, -0.25) is 4.79 Å². The van der Waals surface area contributed by atoms with Gasteiger partial charge in [-0.2, -0.15) is 0 Å². The summed E-state index contributed by atoms with van der Waals surface area (Å²) in [5, 5.41) is 4.50. The fourth-order valence-electron chi connectivity index (χ4n) is 1.36. The van der Waals surface area contributed by atoms with Gasteiger partial charge in [0.05, 0.1) is 9.35 Å². The molecule has 0 aliphatic carbocycles. The van der Waals surface area contributed by atoms with Crippen molar-refractivity contribution in [1.29, 1.82) is 0 Å². The summed E-state index contributed by atoms with van der Waals surface area (Å²) in [4.78, 5) is 11.7. The van der Waals surface area contributed by atoms with Crippen LogP contribution in [0.25, 0.3) is 0 Å². The molecule has 5 heteroatoms. The molecule has 1 N–H and O–H groups in total. The Bertz CT molecular complexity index is 541. The van der Waals surface area contributed by atoms with Crippen LogP contribution in [0.1, 0.15) is 15.9 Å². The van der Waals surface area contributed by atoms with Crippen LogP contribution < -0.4 is 5.32 Å². The van der Waals surface area contributed by atoms with E-state index in [9.17, 15) is 9.18 Å². The van der Waals surface area contributed by atoms with E-state index in [1.54, 1.807) is 23.6 Å². The van der Waals surface area contributed by atoms with Gasteiger partial charge in [0.2, 0.25) is 0 Å². The lowest BCUT2D eigenvalue weighted by Gasteiger charge is -2.03. The minimum absolute atomic E-state index is 0.156. The van der Waals surface area contributed by atoms with Crippen molar-refractivity contribution in [3.63, 3.8) is 0 Å². The Balaban J connectivity index is 1.97. The minimum atomic E-state index is -0.296. The standard InChI is InChI=1S/C12H9BrFNOS/c13-11-5-9(7-17-11)12(16)15-6-8-2-1-3-10(14)4-8/h1-5,7H,6H2,(H,15,16). The van der Waals surface area contributed by atoms with Crippen LogP contribution in [0.15, 0.2) is 39.5 Å². The van der Waals surface area contributed by atoms with Crippen molar-refractivity contribution in [3.05, 3.63) is 56.4 Å². The summed E-state index contributed by atoms with van der Waals surface area (Å²) in [6.45, 7) is 0.323. The highest BCUT2D eigenvalue weighted by molar-refractivity contribution is 9.11. The molecule has 0 saturated carbocycles. The molecule has 0 fully saturated rings. The first kappa shape index (κ1) is 12.3. The summed E-state index contributed by atoms with van der Waals surface area (Å²) in [6.07, 6.45) is 0. The maximum Gasteiger partial charge on any atom is 0.252 e. The number of benzene rings is 1. The van der Waals surface area contributed by atoms with Crippen molar-refractivity contribution in [2.24, 2.45) is 0 Å². The molecule has 0 spiro atoms. The molecule has 1 aromatic carbocycles. The SMILES string of the molecule is O=C(NCc1cccc(F)c1)c1csc(Br)c1. The number of carbonyl (C=O) groups excluding carboxylic acids is 1. The van der Waals surface area contributed by atoms with E-state index in [0.717, 1.165) is 9.35 Å². The fraction of sp³-hybridized carbons (Fsp3) is 0.0833. The predicted molar refractivity (Wildman–Crippen MR) is 69.6 cm³/mol. The van der Waals surface area contributed by atoms with E-state index in [4.69, 9.17) is 0 Å². The Hall–Kier alpha value is -1.20. The zero-order valence-corrected chi connectivity index (χ0v) is 11.1. The Morgan fingerprint density at radius 2 is 2.24 bits per heavy atom. The Labute approximate surface area is 111 Å². The molecule has 0 aliphatic heterocycles. The molecule has 0 radical (unpaired) electrons. The van der Waals surface area contributed by atoms with Crippen LogP contribution in [-0.4, -0.2) is 5.91 Å². The number of carbonyl (C=O) groups is 1. The lowest BCUT2D eigenvalue weighted by atomic mass is 10.2. The van der Waals surface area contributed by atoms with Crippen molar-refractivity contribution in [2.45, 2.75) is 6.54 Å². The molecule has 88 valence electrons. The van der Waals surface area contributed by atoms with E-state index in [1.807, 2.05) is 0 Å². The highest BCUT2D eigenvalue weighted by Crippen LogP contribution is 2.20. The molecule has 0 bridgehead atoms. The van der Waals surface area contributed by atoms with Crippen LogP contribution in [0.3, 0.4) is 0 Å². The normalized spacial score (nSPS) is 10.2. The molecular weight excluding hydrogens is 305 g/mol. The highest BCUT2D eigenvalue weighted by atomic mass is 79.9. The Kier molecular flexibility index (Phi) is 3.91. The summed E-state index contributed by atoms with van der Waals surface area (Å²) >= 11 is 4.75. The molecule has 0 unspecified atom stereocenters. The number of rotatable bonds is 3. The summed E-state index contributed by atoms with van der Waals surface area (Å²) < 4.78 is 13.8. The van der Waals surface area contributed by atoms with Gasteiger partial charge < -0.3 is 5.32 Å². The lowest BCUT2D eigenvalue weighted by Crippen LogP contribution is -2.22. The van der Waals surface area contributed by atoms with Gasteiger partial charge in [0, 0.05) is 11.9 Å². The summed E-state index contributed by atoms with van der Waals surface area (Å²) in [7, 11) is 0. The van der Waals surface area contributed by atoms with Crippen LogP contribution >= 0.6 is 27.3 Å². The number of nitrogens with one attached hydrogen (secondary N) is 1. The van der Waals surface area contributed by atoms with Gasteiger partial charge in [-0.15, -0.1) is 11.3 Å². The maximum atomic E-state index is 12.9. The number of thiophene rings is 1. The van der Waals surface area contributed by atoms with Crippen molar-refractivity contribution >= 4 is 33.2 Å². The molecule has 17 heavy (non-hydrogen) atoms. The van der Waals surface area contributed by atoms with Crippen LogP contribution in [0.2, 0.25) is 0 Å². The topological polar surface area (TPSA) is 29.1 Å². The van der Waals surface area contributed by atoms with E-state index in [2.05, 4.69) is 21.2 Å². The molecule has 2 aromatic rings. The second kappa shape index (κ2) is 5.42. The second-order valence-corrected chi connectivity index (χ2v) is 5.74. The van der Waals surface area contributed by atoms with Gasteiger partial charge >= 0.3 is 0 Å². The number of hydrogen-bond acceptors (Lipinski definition) is 2. The summed E-state index contributed by atoms with van der Waals surface area (Å²) in [5.41, 5.74) is 1.35. The third kappa shape index (κ3) is 3.38. The van der Waals surface area contributed by atoms with Crippen molar-refractivity contribution in [2.75, 3.05) is 0 Å². The third-order valence-electron chi connectivity index (χ3n) is 2.17. The van der Waals surface area contributed by atoms with Gasteiger partial charge in [0.25, 0.3) is 5.91 Å². The number of halogens is 2. The minimum Gasteiger partial charge on any atom is -0.348 e. The van der Waals surface area contributed by atoms with Crippen LogP contribution in [0.5, 0.6) is 0 Å². The van der Waals surface area contributed by atoms with Crippen molar-refractivity contribution in [3.8, 4) is 0 Å². The molecule has 0 aliphatic rings. The largest absolute Gasteiger partial charge is 0.348 e. The zero-order chi connectivity index (χ0) is 12.3. The van der Waals surface area contributed by atoms with Gasteiger partial charge in [0.1, 0.15) is 5.82 Å². The highest BCUT2D eigenvalue weighted by Gasteiger charge is 2.07. The molecule has 1 heterocycles. The summed E-state index contributed by atoms with van der Waals surface area (Å²) in [5.74, 6) is -0.453. The fourth-order valence-corrected chi connectivity index (χ4v) is 2.50. The van der Waals surface area contributed by atoms with Crippen molar-refractivity contribution < 1.29 is 9.18 Å². The molecule has 1 amide bonds. The molecule has 1 aromatic heterocycles. The smallest absolute Gasteiger partial charge is 0.252 e. The number of amides is 1. The Morgan fingerprint density at radius 1 is 1.41 bits per heavy atom. The second-order valence-electron chi connectivity index (χ2n) is 3.45. The van der Waals surface area contributed by atoms with Crippen molar-refractivity contribution in [1.82, 2.24) is 5.32 Å². The van der Waals surface area contributed by atoms with Gasteiger partial charge in [-0.1, -0.05) is 12.1 Å². The average Bonchev–Trinajstić information content (AvgIpc) is 2.73. The van der Waals surface area contributed by atoms with Crippen LogP contribution in [-0.2, 0) is 6.54 Å². The average molecular weight is 314 g/mol. The Morgan fingerprint density at radius 3 is 2.88 bits per heavy atom. The van der Waals surface area contributed by atoms with E-state index in [0.29, 0.717) is 12.1 Å². The first-order valence-corrected chi connectivity index (χ1v) is 6.59. The van der Waals surface area contributed by atoms with E-state index < -0.39 is 0 Å². The molecule has 0 atom stereocenters. The predicted octanol–water partition coefficient (Wildman–Crippen LogP) is 3.58. The molecule has 2 nitrogen and oxygen atoms in total. The first-order chi connectivity index (χ1) is 8.15. The molecular formula is C12H9BrFNOS. The van der Waals surface area contributed by atoms with Crippen LogP contribution in [0.4, 0.5) is 4.39 Å². The zero-order valence-electron chi connectivity index (χ0n) is 8.74. The number of hydrogen-bond donors (Lipinski definition) is 1. The molecule has 0 saturated heterocycles. The summed E-state index contributed by atoms with van der Waals surface area (Å²) in [6, 6.07) is 7.93. The van der Waals surface area contributed by atoms with E-state index in [-0.39, 0.29) is 11.7 Å². The third-order valence-corrected chi connectivity index (χ3v) is 3.68. The molecule has 2 rings (SSSR count). The lowest BCUT2D eigenvalue weighted by molar-refractivity contribution is 0.0951.